The molecule has 1 N–H and O–H groups in total. The van der Waals surface area contributed by atoms with Crippen molar-refractivity contribution >= 4 is 15.9 Å². The minimum absolute atomic E-state index is 0.366. The van der Waals surface area contributed by atoms with Gasteiger partial charge < -0.3 is 5.32 Å². The quantitative estimate of drug-likeness (QED) is 0.795. The van der Waals surface area contributed by atoms with Gasteiger partial charge in [-0.25, -0.2) is 0 Å². The summed E-state index contributed by atoms with van der Waals surface area (Å²) in [6, 6.07) is 6.56. The van der Waals surface area contributed by atoms with Crippen LogP contribution in [0, 0.1) is 6.92 Å². The van der Waals surface area contributed by atoms with Crippen molar-refractivity contribution < 1.29 is 0 Å². The second-order valence-electron chi connectivity index (χ2n) is 4.12. The molecule has 0 spiro atoms. The summed E-state index contributed by atoms with van der Waals surface area (Å²) in [6.07, 6.45) is 0. The third-order valence-electron chi connectivity index (χ3n) is 2.87. The molecule has 0 radical (unpaired) electrons. The standard InChI is InChI=1S/C11H14BrN/c1-8-5-9(12)3-4-10(8)11(2)6-13-7-11/h3-5,13H,6-7H2,1-2H3. The second kappa shape index (κ2) is 3.10. The van der Waals surface area contributed by atoms with Crippen molar-refractivity contribution in [3.63, 3.8) is 0 Å². The second-order valence-corrected chi connectivity index (χ2v) is 5.04. The van der Waals surface area contributed by atoms with Gasteiger partial charge in [0.15, 0.2) is 0 Å². The van der Waals surface area contributed by atoms with E-state index in [9.17, 15) is 0 Å². The average molecular weight is 240 g/mol. The van der Waals surface area contributed by atoms with Crippen LogP contribution in [0.4, 0.5) is 0 Å². The molecule has 0 atom stereocenters. The number of aryl methyl sites for hydroxylation is 1. The van der Waals surface area contributed by atoms with E-state index in [1.807, 2.05) is 0 Å². The molecule has 1 aliphatic rings. The third kappa shape index (κ3) is 1.53. The van der Waals surface area contributed by atoms with Crippen LogP contribution in [0.5, 0.6) is 0 Å². The van der Waals surface area contributed by atoms with Crippen LogP contribution in [0.3, 0.4) is 0 Å². The molecule has 1 heterocycles. The van der Waals surface area contributed by atoms with E-state index in [4.69, 9.17) is 0 Å². The Bertz CT molecular complexity index is 329. The molecular formula is C11H14BrN. The van der Waals surface area contributed by atoms with Gasteiger partial charge in [-0.2, -0.15) is 0 Å². The van der Waals surface area contributed by atoms with E-state index < -0.39 is 0 Å². The molecule has 2 rings (SSSR count). The van der Waals surface area contributed by atoms with Gasteiger partial charge in [0.1, 0.15) is 0 Å². The number of rotatable bonds is 1. The molecule has 1 aliphatic heterocycles. The highest BCUT2D eigenvalue weighted by molar-refractivity contribution is 9.10. The Balaban J connectivity index is 2.40. The Labute approximate surface area is 87.7 Å². The Morgan fingerprint density at radius 1 is 1.38 bits per heavy atom. The summed E-state index contributed by atoms with van der Waals surface area (Å²) in [5.74, 6) is 0. The number of benzene rings is 1. The largest absolute Gasteiger partial charge is 0.315 e. The van der Waals surface area contributed by atoms with Gasteiger partial charge in [-0.3, -0.25) is 0 Å². The molecule has 70 valence electrons. The first-order valence-corrected chi connectivity index (χ1v) is 5.38. The molecule has 1 fully saturated rings. The maximum Gasteiger partial charge on any atom is 0.0178 e. The summed E-state index contributed by atoms with van der Waals surface area (Å²) in [6.45, 7) is 6.72. The minimum Gasteiger partial charge on any atom is -0.315 e. The number of nitrogens with one attached hydrogen (secondary N) is 1. The van der Waals surface area contributed by atoms with Crippen LogP contribution in [-0.2, 0) is 5.41 Å². The van der Waals surface area contributed by atoms with Crippen molar-refractivity contribution in [2.24, 2.45) is 0 Å². The van der Waals surface area contributed by atoms with E-state index >= 15 is 0 Å². The van der Waals surface area contributed by atoms with E-state index in [0.717, 1.165) is 13.1 Å². The normalized spacial score (nSPS) is 19.6. The van der Waals surface area contributed by atoms with Gasteiger partial charge in [0.25, 0.3) is 0 Å². The van der Waals surface area contributed by atoms with Gasteiger partial charge >= 0.3 is 0 Å². The van der Waals surface area contributed by atoms with E-state index in [-0.39, 0.29) is 0 Å². The maximum absolute atomic E-state index is 3.49. The van der Waals surface area contributed by atoms with Gasteiger partial charge in [0.05, 0.1) is 0 Å². The van der Waals surface area contributed by atoms with Crippen molar-refractivity contribution in [1.82, 2.24) is 5.32 Å². The lowest BCUT2D eigenvalue weighted by atomic mass is 9.75. The molecular weight excluding hydrogens is 226 g/mol. The molecule has 1 saturated heterocycles. The summed E-state index contributed by atoms with van der Waals surface area (Å²) in [4.78, 5) is 0. The zero-order valence-corrected chi connectivity index (χ0v) is 9.61. The smallest absolute Gasteiger partial charge is 0.0178 e. The SMILES string of the molecule is Cc1cc(Br)ccc1C1(C)CNC1. The van der Waals surface area contributed by atoms with Crippen molar-refractivity contribution in [2.75, 3.05) is 13.1 Å². The van der Waals surface area contributed by atoms with Gasteiger partial charge in [0, 0.05) is 23.0 Å². The van der Waals surface area contributed by atoms with Crippen molar-refractivity contribution in [3.8, 4) is 0 Å². The zero-order valence-electron chi connectivity index (χ0n) is 8.02. The first-order valence-electron chi connectivity index (χ1n) is 4.59. The topological polar surface area (TPSA) is 12.0 Å². The fraction of sp³-hybridized carbons (Fsp3) is 0.455. The number of hydrogen-bond donors (Lipinski definition) is 1. The predicted molar refractivity (Wildman–Crippen MR) is 59.1 cm³/mol. The Morgan fingerprint density at radius 2 is 2.08 bits per heavy atom. The summed E-state index contributed by atoms with van der Waals surface area (Å²) in [5, 5.41) is 3.33. The molecule has 1 aromatic carbocycles. The lowest BCUT2D eigenvalue weighted by Crippen LogP contribution is -2.55. The molecule has 2 heteroatoms. The highest BCUT2D eigenvalue weighted by Crippen LogP contribution is 2.31. The average Bonchev–Trinajstić information content (AvgIpc) is 2.00. The molecule has 0 unspecified atom stereocenters. The van der Waals surface area contributed by atoms with Crippen LogP contribution < -0.4 is 5.32 Å². The van der Waals surface area contributed by atoms with Crippen molar-refractivity contribution in [1.29, 1.82) is 0 Å². The Hall–Kier alpha value is -0.340. The summed E-state index contributed by atoms with van der Waals surface area (Å²) < 4.78 is 1.17. The van der Waals surface area contributed by atoms with Crippen LogP contribution in [0.25, 0.3) is 0 Å². The molecule has 0 bridgehead atoms. The fourth-order valence-electron chi connectivity index (χ4n) is 1.99. The van der Waals surface area contributed by atoms with Crippen molar-refractivity contribution in [2.45, 2.75) is 19.3 Å². The fourth-order valence-corrected chi connectivity index (χ4v) is 2.47. The van der Waals surface area contributed by atoms with E-state index in [1.165, 1.54) is 15.6 Å². The van der Waals surface area contributed by atoms with Crippen molar-refractivity contribution in [3.05, 3.63) is 33.8 Å². The zero-order chi connectivity index (χ0) is 9.47. The summed E-state index contributed by atoms with van der Waals surface area (Å²) in [7, 11) is 0. The van der Waals surface area contributed by atoms with Crippen LogP contribution >= 0.6 is 15.9 Å². The van der Waals surface area contributed by atoms with Gasteiger partial charge in [0.2, 0.25) is 0 Å². The number of halogens is 1. The lowest BCUT2D eigenvalue weighted by molar-refractivity contribution is 0.304. The Morgan fingerprint density at radius 3 is 2.54 bits per heavy atom. The first kappa shape index (κ1) is 9.22. The van der Waals surface area contributed by atoms with Crippen LogP contribution in [0.2, 0.25) is 0 Å². The van der Waals surface area contributed by atoms with Crippen LogP contribution in [0.1, 0.15) is 18.1 Å². The molecule has 0 aliphatic carbocycles. The highest BCUT2D eigenvalue weighted by atomic mass is 79.9. The summed E-state index contributed by atoms with van der Waals surface area (Å²) >= 11 is 3.49. The van der Waals surface area contributed by atoms with E-state index in [1.54, 1.807) is 0 Å². The minimum atomic E-state index is 0.366. The van der Waals surface area contributed by atoms with Crippen LogP contribution in [-0.4, -0.2) is 13.1 Å². The van der Waals surface area contributed by atoms with E-state index in [2.05, 4.69) is 53.3 Å². The highest BCUT2D eigenvalue weighted by Gasteiger charge is 2.34. The van der Waals surface area contributed by atoms with Gasteiger partial charge in [-0.05, 0) is 30.2 Å². The summed E-state index contributed by atoms with van der Waals surface area (Å²) in [5.41, 5.74) is 3.23. The number of hydrogen-bond acceptors (Lipinski definition) is 1. The van der Waals surface area contributed by atoms with Gasteiger partial charge in [-0.1, -0.05) is 28.9 Å². The van der Waals surface area contributed by atoms with Gasteiger partial charge in [-0.15, -0.1) is 0 Å². The Kier molecular flexibility index (Phi) is 2.20. The lowest BCUT2D eigenvalue weighted by Gasteiger charge is -2.40. The molecule has 1 nitrogen and oxygen atoms in total. The molecule has 1 aromatic rings. The monoisotopic (exact) mass is 239 g/mol. The third-order valence-corrected chi connectivity index (χ3v) is 3.36. The predicted octanol–water partition coefficient (Wildman–Crippen LogP) is 2.62. The van der Waals surface area contributed by atoms with Crippen LogP contribution in [0.15, 0.2) is 22.7 Å². The first-order chi connectivity index (χ1) is 6.12. The van der Waals surface area contributed by atoms with E-state index in [0.29, 0.717) is 5.41 Å². The molecule has 0 saturated carbocycles. The molecule has 13 heavy (non-hydrogen) atoms. The maximum atomic E-state index is 3.49. The molecule has 0 aromatic heterocycles. The molecule has 0 amide bonds.